The van der Waals surface area contributed by atoms with Crippen LogP contribution in [-0.2, 0) is 11.2 Å². The molecule has 4 nitrogen and oxygen atoms in total. The van der Waals surface area contributed by atoms with Gasteiger partial charge < -0.3 is 9.84 Å². The van der Waals surface area contributed by atoms with Crippen molar-refractivity contribution in [3.63, 3.8) is 0 Å². The summed E-state index contributed by atoms with van der Waals surface area (Å²) < 4.78 is 5.00. The molecule has 0 heterocycles. The first kappa shape index (κ1) is 13.3. The first-order valence-corrected chi connectivity index (χ1v) is 5.38. The van der Waals surface area contributed by atoms with E-state index in [9.17, 15) is 4.79 Å². The Morgan fingerprint density at radius 2 is 2.35 bits per heavy atom. The molecule has 0 saturated carbocycles. The van der Waals surface area contributed by atoms with E-state index in [-0.39, 0.29) is 6.42 Å². The van der Waals surface area contributed by atoms with Crippen molar-refractivity contribution in [3.8, 4) is 11.8 Å². The molecular weight excluding hydrogens is 242 g/mol. The van der Waals surface area contributed by atoms with Gasteiger partial charge in [0.2, 0.25) is 0 Å². The second-order valence-electron chi connectivity index (χ2n) is 3.60. The maximum atomic E-state index is 10.5. The van der Waals surface area contributed by atoms with Crippen LogP contribution in [0.3, 0.4) is 0 Å². The molecule has 1 atom stereocenters. The molecule has 0 saturated heterocycles. The number of hydrogen-bond acceptors (Lipinski definition) is 3. The Kier molecular flexibility index (Phi) is 4.80. The van der Waals surface area contributed by atoms with Crippen molar-refractivity contribution in [2.45, 2.75) is 12.8 Å². The number of carboxylic acid groups (broad SMARTS) is 1. The maximum Gasteiger partial charge on any atom is 0.304 e. The molecule has 1 aromatic rings. The van der Waals surface area contributed by atoms with Gasteiger partial charge in [0.15, 0.2) is 0 Å². The number of ether oxygens (including phenoxy) is 1. The molecule has 0 bridgehead atoms. The summed E-state index contributed by atoms with van der Waals surface area (Å²) in [6.45, 7) is 0. The monoisotopic (exact) mass is 253 g/mol. The molecule has 0 amide bonds. The Bertz CT molecular complexity index is 454. The zero-order chi connectivity index (χ0) is 12.8. The van der Waals surface area contributed by atoms with Crippen LogP contribution in [0.25, 0.3) is 0 Å². The van der Waals surface area contributed by atoms with E-state index in [1.165, 1.54) is 7.11 Å². The summed E-state index contributed by atoms with van der Waals surface area (Å²) in [4.78, 5) is 10.5. The Labute approximate surface area is 104 Å². The molecule has 1 aromatic carbocycles. The van der Waals surface area contributed by atoms with Crippen LogP contribution >= 0.6 is 11.6 Å². The molecule has 5 heteroatoms. The smallest absolute Gasteiger partial charge is 0.304 e. The van der Waals surface area contributed by atoms with Crippen LogP contribution in [0.1, 0.15) is 12.0 Å². The molecule has 1 rings (SSSR count). The molecule has 1 N–H and O–H groups in total. The average molecular weight is 254 g/mol. The predicted molar refractivity (Wildman–Crippen MR) is 63.1 cm³/mol. The number of carboxylic acids is 1. The third kappa shape index (κ3) is 3.97. The summed E-state index contributed by atoms with van der Waals surface area (Å²) in [5, 5.41) is 17.9. The quantitative estimate of drug-likeness (QED) is 0.875. The average Bonchev–Trinajstić information content (AvgIpc) is 2.27. The molecule has 0 spiro atoms. The number of halogens is 1. The van der Waals surface area contributed by atoms with Gasteiger partial charge in [-0.05, 0) is 24.1 Å². The summed E-state index contributed by atoms with van der Waals surface area (Å²) in [5.41, 5.74) is 0.823. The normalized spacial score (nSPS) is 11.6. The topological polar surface area (TPSA) is 70.3 Å². The molecule has 0 aliphatic rings. The number of aliphatic carboxylic acids is 1. The van der Waals surface area contributed by atoms with E-state index in [0.29, 0.717) is 17.2 Å². The number of nitriles is 1. The van der Waals surface area contributed by atoms with Crippen LogP contribution < -0.4 is 4.74 Å². The number of carbonyl (C=O) groups is 1. The highest BCUT2D eigenvalue weighted by Crippen LogP contribution is 2.26. The van der Waals surface area contributed by atoms with Crippen LogP contribution in [0.4, 0.5) is 0 Å². The van der Waals surface area contributed by atoms with Crippen LogP contribution in [0, 0.1) is 17.2 Å². The Balaban J connectivity index is 2.77. The molecule has 0 aromatic heterocycles. The minimum Gasteiger partial charge on any atom is -0.495 e. The number of nitrogens with zero attached hydrogens (tertiary/aromatic N) is 1. The highest BCUT2D eigenvalue weighted by molar-refractivity contribution is 6.32. The number of methoxy groups -OCH3 is 1. The SMILES string of the molecule is COc1ccc(CC(C#N)CC(=O)O)cc1Cl. The Hall–Kier alpha value is -1.73. The van der Waals surface area contributed by atoms with Crippen LogP contribution in [0.15, 0.2) is 18.2 Å². The standard InChI is InChI=1S/C12H12ClNO3/c1-17-11-3-2-8(5-10(11)13)4-9(7-14)6-12(15)16/h2-3,5,9H,4,6H2,1H3,(H,15,16). The second kappa shape index (κ2) is 6.12. The lowest BCUT2D eigenvalue weighted by atomic mass is 9.97. The van der Waals surface area contributed by atoms with Crippen molar-refractivity contribution in [3.05, 3.63) is 28.8 Å². The summed E-state index contributed by atoms with van der Waals surface area (Å²) in [7, 11) is 1.52. The van der Waals surface area contributed by atoms with Crippen LogP contribution in [-0.4, -0.2) is 18.2 Å². The van der Waals surface area contributed by atoms with E-state index in [1.54, 1.807) is 18.2 Å². The molecule has 90 valence electrons. The fourth-order valence-corrected chi connectivity index (χ4v) is 1.78. The van der Waals surface area contributed by atoms with Crippen LogP contribution in [0.5, 0.6) is 5.75 Å². The van der Waals surface area contributed by atoms with E-state index >= 15 is 0 Å². The van der Waals surface area contributed by atoms with Gasteiger partial charge in [-0.25, -0.2) is 0 Å². The van der Waals surface area contributed by atoms with E-state index in [1.807, 2.05) is 6.07 Å². The van der Waals surface area contributed by atoms with Gasteiger partial charge in [0.05, 0.1) is 30.5 Å². The van der Waals surface area contributed by atoms with Gasteiger partial charge in [-0.2, -0.15) is 5.26 Å². The summed E-state index contributed by atoms with van der Waals surface area (Å²) >= 11 is 5.94. The highest BCUT2D eigenvalue weighted by Gasteiger charge is 2.14. The fraction of sp³-hybridized carbons (Fsp3) is 0.333. The van der Waals surface area contributed by atoms with Crippen molar-refractivity contribution in [1.82, 2.24) is 0 Å². The summed E-state index contributed by atoms with van der Waals surface area (Å²) in [5.74, 6) is -0.963. The van der Waals surface area contributed by atoms with Crippen LogP contribution in [0.2, 0.25) is 5.02 Å². The third-order valence-electron chi connectivity index (χ3n) is 2.30. The molecule has 0 radical (unpaired) electrons. The lowest BCUT2D eigenvalue weighted by molar-refractivity contribution is -0.137. The number of benzene rings is 1. The molecular formula is C12H12ClNO3. The zero-order valence-electron chi connectivity index (χ0n) is 9.31. The van der Waals surface area contributed by atoms with Gasteiger partial charge in [-0.1, -0.05) is 17.7 Å². The first-order chi connectivity index (χ1) is 8.06. The molecule has 0 aliphatic heterocycles. The number of hydrogen-bond donors (Lipinski definition) is 1. The van der Waals surface area contributed by atoms with Crippen molar-refractivity contribution in [1.29, 1.82) is 5.26 Å². The van der Waals surface area contributed by atoms with Crippen molar-refractivity contribution in [2.75, 3.05) is 7.11 Å². The van der Waals surface area contributed by atoms with Gasteiger partial charge in [0, 0.05) is 0 Å². The van der Waals surface area contributed by atoms with Crippen molar-refractivity contribution in [2.24, 2.45) is 5.92 Å². The van der Waals surface area contributed by atoms with E-state index in [4.69, 9.17) is 26.7 Å². The highest BCUT2D eigenvalue weighted by atomic mass is 35.5. The third-order valence-corrected chi connectivity index (χ3v) is 2.60. The zero-order valence-corrected chi connectivity index (χ0v) is 10.1. The minimum absolute atomic E-state index is 0.167. The van der Waals surface area contributed by atoms with Gasteiger partial charge >= 0.3 is 5.97 Å². The largest absolute Gasteiger partial charge is 0.495 e. The predicted octanol–water partition coefficient (Wildman–Crippen LogP) is 2.51. The maximum absolute atomic E-state index is 10.5. The Morgan fingerprint density at radius 1 is 1.65 bits per heavy atom. The van der Waals surface area contributed by atoms with E-state index in [0.717, 1.165) is 5.56 Å². The lowest BCUT2D eigenvalue weighted by Crippen LogP contribution is -2.08. The van der Waals surface area contributed by atoms with Crippen molar-refractivity contribution >= 4 is 17.6 Å². The lowest BCUT2D eigenvalue weighted by Gasteiger charge is -2.08. The molecule has 0 fully saturated rings. The van der Waals surface area contributed by atoms with E-state index in [2.05, 4.69) is 0 Å². The van der Waals surface area contributed by atoms with Gasteiger partial charge in [0.1, 0.15) is 5.75 Å². The van der Waals surface area contributed by atoms with Gasteiger partial charge in [-0.3, -0.25) is 4.79 Å². The fourth-order valence-electron chi connectivity index (χ4n) is 1.50. The number of rotatable bonds is 5. The van der Waals surface area contributed by atoms with Crippen molar-refractivity contribution < 1.29 is 14.6 Å². The minimum atomic E-state index is -0.976. The second-order valence-corrected chi connectivity index (χ2v) is 4.00. The van der Waals surface area contributed by atoms with Gasteiger partial charge in [-0.15, -0.1) is 0 Å². The molecule has 0 aliphatic carbocycles. The molecule has 1 unspecified atom stereocenters. The Morgan fingerprint density at radius 3 is 2.82 bits per heavy atom. The summed E-state index contributed by atoms with van der Waals surface area (Å²) in [6, 6.07) is 7.14. The molecule has 17 heavy (non-hydrogen) atoms. The first-order valence-electron chi connectivity index (χ1n) is 5.00. The summed E-state index contributed by atoms with van der Waals surface area (Å²) in [6.07, 6.45) is 0.201. The van der Waals surface area contributed by atoms with Gasteiger partial charge in [0.25, 0.3) is 0 Å². The van der Waals surface area contributed by atoms with E-state index < -0.39 is 11.9 Å².